The van der Waals surface area contributed by atoms with Crippen LogP contribution in [0.5, 0.6) is 0 Å². The number of para-hydroxylation sites is 2. The Labute approximate surface area is 176 Å². The van der Waals surface area contributed by atoms with Gasteiger partial charge in [0.05, 0.1) is 22.4 Å². The quantitative estimate of drug-likeness (QED) is 0.421. The van der Waals surface area contributed by atoms with Gasteiger partial charge in [-0.15, -0.1) is 0 Å². The number of H-pyrrole nitrogens is 2. The molecule has 8 nitrogen and oxygen atoms in total. The van der Waals surface area contributed by atoms with Crippen LogP contribution in [0.2, 0.25) is 0 Å². The second-order valence-corrected chi connectivity index (χ2v) is 7.16. The van der Waals surface area contributed by atoms with Gasteiger partial charge in [-0.05, 0) is 42.5 Å². The van der Waals surface area contributed by atoms with Crippen molar-refractivity contribution in [3.63, 3.8) is 0 Å². The highest BCUT2D eigenvalue weighted by molar-refractivity contribution is 6.09. The molecule has 31 heavy (non-hydrogen) atoms. The zero-order valence-electron chi connectivity index (χ0n) is 16.6. The monoisotopic (exact) mass is 410 g/mol. The number of rotatable bonds is 3. The zero-order valence-corrected chi connectivity index (χ0v) is 16.6. The Morgan fingerprint density at radius 2 is 1.81 bits per heavy atom. The van der Waals surface area contributed by atoms with Crippen molar-refractivity contribution in [1.82, 2.24) is 19.9 Å². The maximum atomic E-state index is 12.9. The molecular formula is C23H18N6O2. The first-order valence-corrected chi connectivity index (χ1v) is 9.62. The van der Waals surface area contributed by atoms with E-state index in [2.05, 4.69) is 19.9 Å². The number of benzene rings is 2. The van der Waals surface area contributed by atoms with Crippen LogP contribution in [0, 0.1) is 0 Å². The maximum absolute atomic E-state index is 12.9. The lowest BCUT2D eigenvalue weighted by atomic mass is 10.1. The first-order valence-electron chi connectivity index (χ1n) is 9.62. The largest absolute Gasteiger partial charge is 0.396 e. The lowest BCUT2D eigenvalue weighted by Crippen LogP contribution is -2.26. The van der Waals surface area contributed by atoms with Crippen LogP contribution in [0.3, 0.4) is 0 Å². The molecule has 0 bridgehead atoms. The molecule has 3 aromatic heterocycles. The van der Waals surface area contributed by atoms with Gasteiger partial charge in [0.2, 0.25) is 0 Å². The van der Waals surface area contributed by atoms with E-state index in [9.17, 15) is 9.59 Å². The van der Waals surface area contributed by atoms with Crippen LogP contribution in [-0.2, 0) is 0 Å². The average Bonchev–Trinajstić information content (AvgIpc) is 3.13. The fourth-order valence-electron chi connectivity index (χ4n) is 3.58. The van der Waals surface area contributed by atoms with Crippen LogP contribution < -0.4 is 16.2 Å². The average molecular weight is 410 g/mol. The Morgan fingerprint density at radius 3 is 2.61 bits per heavy atom. The second kappa shape index (κ2) is 7.10. The molecule has 0 fully saturated rings. The van der Waals surface area contributed by atoms with E-state index in [4.69, 9.17) is 5.73 Å². The number of carbonyl (C=O) groups excluding carboxylic acids is 1. The van der Waals surface area contributed by atoms with Crippen LogP contribution in [0.1, 0.15) is 10.4 Å². The molecule has 0 radical (unpaired) electrons. The van der Waals surface area contributed by atoms with E-state index >= 15 is 0 Å². The van der Waals surface area contributed by atoms with Gasteiger partial charge in [-0.25, -0.2) is 9.97 Å². The fourth-order valence-corrected chi connectivity index (χ4v) is 3.58. The third-order valence-electron chi connectivity index (χ3n) is 5.22. The van der Waals surface area contributed by atoms with Crippen LogP contribution in [0.4, 0.5) is 11.5 Å². The number of nitrogen functional groups attached to an aromatic ring is 1. The number of nitrogens with zero attached hydrogens (tertiary/aromatic N) is 3. The molecule has 152 valence electrons. The number of fused-ring (bicyclic) bond motifs is 2. The van der Waals surface area contributed by atoms with Crippen molar-refractivity contribution in [1.29, 1.82) is 0 Å². The second-order valence-electron chi connectivity index (χ2n) is 7.16. The number of aromatic nitrogens is 4. The topological polar surface area (TPSA) is 121 Å². The summed E-state index contributed by atoms with van der Waals surface area (Å²) in [6.07, 6.45) is 1.63. The van der Waals surface area contributed by atoms with Crippen LogP contribution in [0.15, 0.2) is 71.7 Å². The number of carbonyl (C=O) groups is 1. The molecule has 0 saturated carbocycles. The lowest BCUT2D eigenvalue weighted by Gasteiger charge is -2.16. The van der Waals surface area contributed by atoms with Crippen molar-refractivity contribution in [2.75, 3.05) is 17.7 Å². The van der Waals surface area contributed by atoms with Crippen LogP contribution >= 0.6 is 0 Å². The van der Waals surface area contributed by atoms with Crippen molar-refractivity contribution in [2.24, 2.45) is 0 Å². The Bertz CT molecular complexity index is 1500. The molecule has 0 unspecified atom stereocenters. The molecule has 0 saturated heterocycles. The number of amides is 1. The minimum atomic E-state index is -0.344. The van der Waals surface area contributed by atoms with Gasteiger partial charge in [0.1, 0.15) is 5.82 Å². The summed E-state index contributed by atoms with van der Waals surface area (Å²) < 4.78 is 0. The summed E-state index contributed by atoms with van der Waals surface area (Å²) in [5.41, 5.74) is 9.48. The molecule has 5 rings (SSSR count). The summed E-state index contributed by atoms with van der Waals surface area (Å²) >= 11 is 0. The van der Waals surface area contributed by atoms with Gasteiger partial charge in [0, 0.05) is 29.7 Å². The van der Waals surface area contributed by atoms with E-state index in [1.807, 2.05) is 24.3 Å². The molecule has 8 heteroatoms. The summed E-state index contributed by atoms with van der Waals surface area (Å²) in [4.78, 5) is 41.7. The molecule has 0 atom stereocenters. The highest BCUT2D eigenvalue weighted by atomic mass is 16.2. The Balaban J connectivity index is 1.59. The van der Waals surface area contributed by atoms with Gasteiger partial charge in [-0.1, -0.05) is 18.2 Å². The van der Waals surface area contributed by atoms with Gasteiger partial charge < -0.3 is 15.7 Å². The zero-order chi connectivity index (χ0) is 21.5. The number of pyridine rings is 1. The molecule has 0 aliphatic rings. The number of hydrogen-bond acceptors (Lipinski definition) is 5. The number of anilines is 2. The van der Waals surface area contributed by atoms with Crippen molar-refractivity contribution in [3.05, 3.63) is 82.8 Å². The molecule has 0 aliphatic carbocycles. The summed E-state index contributed by atoms with van der Waals surface area (Å²) in [5, 5.41) is 0.643. The lowest BCUT2D eigenvalue weighted by molar-refractivity contribution is 0.0992. The summed E-state index contributed by atoms with van der Waals surface area (Å²) in [6.45, 7) is 0. The normalized spacial score (nSPS) is 11.1. The third-order valence-corrected chi connectivity index (χ3v) is 5.22. The summed E-state index contributed by atoms with van der Waals surface area (Å²) in [5.74, 6) is 0.326. The summed E-state index contributed by atoms with van der Waals surface area (Å²) in [6, 6.07) is 17.8. The number of aromatic amines is 2. The van der Waals surface area contributed by atoms with Gasteiger partial charge in [-0.2, -0.15) is 0 Å². The first kappa shape index (κ1) is 18.6. The third kappa shape index (κ3) is 3.10. The molecule has 2 aromatic carbocycles. The van der Waals surface area contributed by atoms with E-state index in [0.29, 0.717) is 44.7 Å². The fraction of sp³-hybridized carbons (Fsp3) is 0.0435. The van der Waals surface area contributed by atoms with Crippen molar-refractivity contribution < 1.29 is 4.79 Å². The van der Waals surface area contributed by atoms with E-state index in [1.54, 1.807) is 49.6 Å². The Hall–Kier alpha value is -4.46. The Kier molecular flexibility index (Phi) is 4.25. The van der Waals surface area contributed by atoms with Gasteiger partial charge in [0.25, 0.3) is 11.5 Å². The van der Waals surface area contributed by atoms with E-state index in [1.165, 1.54) is 4.90 Å². The first-order chi connectivity index (χ1) is 15.0. The van der Waals surface area contributed by atoms with Crippen LogP contribution in [0.25, 0.3) is 33.3 Å². The van der Waals surface area contributed by atoms with Gasteiger partial charge in [0.15, 0.2) is 5.69 Å². The predicted octanol–water partition coefficient (Wildman–Crippen LogP) is 3.33. The molecule has 0 spiro atoms. The predicted molar refractivity (Wildman–Crippen MR) is 121 cm³/mol. The minimum Gasteiger partial charge on any atom is -0.396 e. The van der Waals surface area contributed by atoms with Crippen LogP contribution in [-0.4, -0.2) is 32.9 Å². The molecule has 3 heterocycles. The van der Waals surface area contributed by atoms with Gasteiger partial charge in [-0.3, -0.25) is 14.5 Å². The number of hydrogen-bond donors (Lipinski definition) is 3. The smallest absolute Gasteiger partial charge is 0.276 e. The standard InChI is InChI=1S/C23H18N6O2/c1-29(18-8-4-5-11-25-18)23(31)13-9-10-15-14(12-13)19(24)20(26-15)21-22(30)28-17-7-3-2-6-16(17)27-21/h2-12,26H,24H2,1H3,(H,28,30). The highest BCUT2D eigenvalue weighted by Gasteiger charge is 2.19. The van der Waals surface area contributed by atoms with E-state index < -0.39 is 0 Å². The number of nitrogens with two attached hydrogens (primary N) is 1. The van der Waals surface area contributed by atoms with Crippen molar-refractivity contribution in [3.8, 4) is 11.4 Å². The highest BCUT2D eigenvalue weighted by Crippen LogP contribution is 2.31. The number of nitrogens with one attached hydrogen (secondary N) is 2. The van der Waals surface area contributed by atoms with Gasteiger partial charge >= 0.3 is 0 Å². The van der Waals surface area contributed by atoms with Crippen molar-refractivity contribution in [2.45, 2.75) is 0 Å². The molecule has 5 aromatic rings. The molecule has 1 amide bonds. The molecule has 4 N–H and O–H groups in total. The van der Waals surface area contributed by atoms with E-state index in [0.717, 1.165) is 0 Å². The molecular weight excluding hydrogens is 392 g/mol. The maximum Gasteiger partial charge on any atom is 0.276 e. The minimum absolute atomic E-state index is 0.200. The van der Waals surface area contributed by atoms with E-state index in [-0.39, 0.29) is 17.2 Å². The molecule has 0 aliphatic heterocycles. The van der Waals surface area contributed by atoms with Crippen molar-refractivity contribution >= 4 is 39.3 Å². The SMILES string of the molecule is CN(C(=O)c1ccc2[nH]c(-c3nc4ccccc4[nH]c3=O)c(N)c2c1)c1ccccn1. The Morgan fingerprint density at radius 1 is 1.00 bits per heavy atom. The summed E-state index contributed by atoms with van der Waals surface area (Å²) in [7, 11) is 1.67.